The second-order valence-electron chi connectivity index (χ2n) is 8.55. The first-order valence-corrected chi connectivity index (χ1v) is 12.2. The molecule has 4 rings (SSSR count). The third kappa shape index (κ3) is 5.09. The maximum atomic E-state index is 13.3. The van der Waals surface area contributed by atoms with Gasteiger partial charge in [-0.15, -0.1) is 0 Å². The molecule has 2 aliphatic heterocycles. The van der Waals surface area contributed by atoms with E-state index in [1.54, 1.807) is 36.4 Å². The van der Waals surface area contributed by atoms with E-state index in [-0.39, 0.29) is 11.3 Å². The van der Waals surface area contributed by atoms with Gasteiger partial charge in [0, 0.05) is 18.7 Å². The number of aliphatic hydroxyl groups excluding tert-OH is 1. The lowest BCUT2D eigenvalue weighted by atomic mass is 9.95. The van der Waals surface area contributed by atoms with E-state index in [0.717, 1.165) is 13.1 Å². The number of amides is 1. The summed E-state index contributed by atoms with van der Waals surface area (Å²) < 4.78 is 16.9. The van der Waals surface area contributed by atoms with E-state index >= 15 is 0 Å². The molecule has 2 aromatic carbocycles. The molecule has 1 amide bonds. The van der Waals surface area contributed by atoms with Crippen LogP contribution < -0.4 is 14.2 Å². The van der Waals surface area contributed by atoms with E-state index in [1.165, 1.54) is 4.90 Å². The van der Waals surface area contributed by atoms with Gasteiger partial charge in [0.1, 0.15) is 31.3 Å². The van der Waals surface area contributed by atoms with Crippen molar-refractivity contribution in [1.82, 2.24) is 9.80 Å². The number of nitrogens with zero attached hydrogens (tertiary/aromatic N) is 2. The molecule has 190 valence electrons. The standard InChI is InChI=1S/C28H32N2O6/c1-4-14-34-21-9-7-8-19(17-21)25-24(27(32)28(33)30(25)13-12-29(5-2)6-3)26(31)20-10-11-22-23(18-20)36-16-15-35-22/h4,7-11,17-18,25,31H,1,5-6,12-16H2,2-3H3/b26-24+. The second-order valence-corrected chi connectivity index (χ2v) is 8.55. The SMILES string of the molecule is C=CCOc1cccc(C2/C(=C(\O)c3ccc4c(c3)OCCO4)C(=O)C(=O)N2CCN(CC)CC)c1. The average Bonchev–Trinajstić information content (AvgIpc) is 3.17. The fourth-order valence-electron chi connectivity index (χ4n) is 4.52. The van der Waals surface area contributed by atoms with Crippen LogP contribution in [-0.4, -0.2) is 72.6 Å². The van der Waals surface area contributed by atoms with Crippen molar-refractivity contribution in [2.24, 2.45) is 0 Å². The summed E-state index contributed by atoms with van der Waals surface area (Å²) in [5.41, 5.74) is 1.09. The molecule has 8 heteroatoms. The Morgan fingerprint density at radius 1 is 1.14 bits per heavy atom. The molecule has 1 unspecified atom stereocenters. The van der Waals surface area contributed by atoms with Gasteiger partial charge in [-0.1, -0.05) is 38.6 Å². The largest absolute Gasteiger partial charge is 0.507 e. The molecule has 1 fully saturated rings. The Morgan fingerprint density at radius 3 is 2.61 bits per heavy atom. The molecule has 0 bridgehead atoms. The molecule has 0 saturated carbocycles. The van der Waals surface area contributed by atoms with E-state index in [0.29, 0.717) is 61.3 Å². The number of likely N-dealkylation sites (tertiary alicyclic amines) is 1. The number of ether oxygens (including phenoxy) is 3. The summed E-state index contributed by atoms with van der Waals surface area (Å²) in [6.45, 7) is 11.5. The highest BCUT2D eigenvalue weighted by Gasteiger charge is 2.46. The summed E-state index contributed by atoms with van der Waals surface area (Å²) in [7, 11) is 0. The summed E-state index contributed by atoms with van der Waals surface area (Å²) in [4.78, 5) is 30.3. The fourth-order valence-corrected chi connectivity index (χ4v) is 4.52. The predicted molar refractivity (Wildman–Crippen MR) is 136 cm³/mol. The molecule has 0 spiro atoms. The Balaban J connectivity index is 1.79. The first kappa shape index (κ1) is 25.3. The zero-order valence-corrected chi connectivity index (χ0v) is 20.7. The Kier molecular flexibility index (Phi) is 7.95. The van der Waals surface area contributed by atoms with E-state index in [9.17, 15) is 14.7 Å². The van der Waals surface area contributed by atoms with Crippen LogP contribution in [0.2, 0.25) is 0 Å². The molecular formula is C28H32N2O6. The number of carbonyl (C=O) groups is 2. The van der Waals surface area contributed by atoms with Crippen molar-refractivity contribution in [2.75, 3.05) is 46.0 Å². The van der Waals surface area contributed by atoms with Crippen molar-refractivity contribution in [3.05, 3.63) is 71.8 Å². The van der Waals surface area contributed by atoms with Crippen molar-refractivity contribution >= 4 is 17.4 Å². The monoisotopic (exact) mass is 492 g/mol. The van der Waals surface area contributed by atoms with Gasteiger partial charge < -0.3 is 29.1 Å². The van der Waals surface area contributed by atoms with Crippen LogP contribution in [0.25, 0.3) is 5.76 Å². The van der Waals surface area contributed by atoms with Crippen LogP contribution in [0.15, 0.2) is 60.7 Å². The number of rotatable bonds is 10. The van der Waals surface area contributed by atoms with Crippen molar-refractivity contribution < 1.29 is 28.9 Å². The molecular weight excluding hydrogens is 460 g/mol. The first-order valence-electron chi connectivity index (χ1n) is 12.2. The summed E-state index contributed by atoms with van der Waals surface area (Å²) >= 11 is 0. The molecule has 1 saturated heterocycles. The average molecular weight is 493 g/mol. The fraction of sp³-hybridized carbons (Fsp3) is 0.357. The Labute approximate surface area is 211 Å². The summed E-state index contributed by atoms with van der Waals surface area (Å²) in [6, 6.07) is 11.5. The van der Waals surface area contributed by atoms with Gasteiger partial charge in [0.25, 0.3) is 11.7 Å². The number of ketones is 1. The van der Waals surface area contributed by atoms with Gasteiger partial charge in [0.15, 0.2) is 11.5 Å². The summed E-state index contributed by atoms with van der Waals surface area (Å²) in [6.07, 6.45) is 1.64. The maximum Gasteiger partial charge on any atom is 0.295 e. The minimum absolute atomic E-state index is 0.0390. The Morgan fingerprint density at radius 2 is 1.89 bits per heavy atom. The normalized spacial score (nSPS) is 18.5. The van der Waals surface area contributed by atoms with Crippen molar-refractivity contribution in [1.29, 1.82) is 0 Å². The highest BCUT2D eigenvalue weighted by atomic mass is 16.6. The van der Waals surface area contributed by atoms with Crippen molar-refractivity contribution in [2.45, 2.75) is 19.9 Å². The zero-order valence-electron chi connectivity index (χ0n) is 20.7. The highest BCUT2D eigenvalue weighted by Crippen LogP contribution is 2.41. The molecule has 1 atom stereocenters. The maximum absolute atomic E-state index is 13.3. The molecule has 2 aliphatic rings. The number of likely N-dealkylation sites (N-methyl/N-ethyl adjacent to an activating group) is 1. The molecule has 8 nitrogen and oxygen atoms in total. The van der Waals surface area contributed by atoms with E-state index in [1.807, 2.05) is 12.1 Å². The zero-order chi connectivity index (χ0) is 25.7. The smallest absolute Gasteiger partial charge is 0.295 e. The number of hydrogen-bond donors (Lipinski definition) is 1. The predicted octanol–water partition coefficient (Wildman–Crippen LogP) is 3.79. The Bertz CT molecular complexity index is 1170. The molecule has 2 aromatic rings. The number of benzene rings is 2. The lowest BCUT2D eigenvalue weighted by molar-refractivity contribution is -0.140. The van der Waals surface area contributed by atoms with Crippen molar-refractivity contribution in [3.8, 4) is 17.2 Å². The van der Waals surface area contributed by atoms with Crippen molar-refractivity contribution in [3.63, 3.8) is 0 Å². The number of hydrogen-bond acceptors (Lipinski definition) is 7. The quantitative estimate of drug-likeness (QED) is 0.234. The van der Waals surface area contributed by atoms with Crippen LogP contribution in [0.5, 0.6) is 17.2 Å². The van der Waals surface area contributed by atoms with Gasteiger partial charge in [-0.05, 0) is 49.0 Å². The van der Waals surface area contributed by atoms with Gasteiger partial charge in [-0.2, -0.15) is 0 Å². The van der Waals surface area contributed by atoms with Crippen LogP contribution in [0.3, 0.4) is 0 Å². The number of fused-ring (bicyclic) bond motifs is 1. The second kappa shape index (κ2) is 11.3. The van der Waals surface area contributed by atoms with Gasteiger partial charge in [-0.3, -0.25) is 9.59 Å². The van der Waals surface area contributed by atoms with Gasteiger partial charge >= 0.3 is 0 Å². The van der Waals surface area contributed by atoms with Crippen LogP contribution >= 0.6 is 0 Å². The van der Waals surface area contributed by atoms with E-state index in [4.69, 9.17) is 14.2 Å². The first-order chi connectivity index (χ1) is 17.5. The van der Waals surface area contributed by atoms with Gasteiger partial charge in [-0.25, -0.2) is 0 Å². The Hall–Kier alpha value is -3.78. The van der Waals surface area contributed by atoms with E-state index < -0.39 is 17.7 Å². The third-order valence-corrected chi connectivity index (χ3v) is 6.45. The van der Waals surface area contributed by atoms with E-state index in [2.05, 4.69) is 25.3 Å². The topological polar surface area (TPSA) is 88.5 Å². The lowest BCUT2D eigenvalue weighted by Gasteiger charge is -2.28. The number of carbonyl (C=O) groups excluding carboxylic acids is 2. The molecule has 2 heterocycles. The molecule has 0 aromatic heterocycles. The van der Waals surface area contributed by atoms with Gasteiger partial charge in [0.2, 0.25) is 0 Å². The molecule has 36 heavy (non-hydrogen) atoms. The van der Waals surface area contributed by atoms with Gasteiger partial charge in [0.05, 0.1) is 11.6 Å². The minimum Gasteiger partial charge on any atom is -0.507 e. The van der Waals surface area contributed by atoms with Crippen LogP contribution in [0.1, 0.15) is 31.0 Å². The lowest BCUT2D eigenvalue weighted by Crippen LogP contribution is -2.38. The van der Waals surface area contributed by atoms with Crippen LogP contribution in [0.4, 0.5) is 0 Å². The van der Waals surface area contributed by atoms with Crippen LogP contribution in [0, 0.1) is 0 Å². The van der Waals surface area contributed by atoms with Crippen LogP contribution in [-0.2, 0) is 9.59 Å². The third-order valence-electron chi connectivity index (χ3n) is 6.45. The molecule has 0 radical (unpaired) electrons. The molecule has 0 aliphatic carbocycles. The number of Topliss-reactive ketones (excluding diaryl/α,β-unsaturated/α-hetero) is 1. The number of aliphatic hydroxyl groups is 1. The summed E-state index contributed by atoms with van der Waals surface area (Å²) in [5, 5.41) is 11.4. The summed E-state index contributed by atoms with van der Waals surface area (Å²) in [5.74, 6) is 0.0330. The highest BCUT2D eigenvalue weighted by molar-refractivity contribution is 6.46. The minimum atomic E-state index is -0.763. The molecule has 1 N–H and O–H groups in total.